The van der Waals surface area contributed by atoms with Gasteiger partial charge in [0.25, 0.3) is 0 Å². The van der Waals surface area contributed by atoms with Gasteiger partial charge >= 0.3 is 0 Å². The van der Waals surface area contributed by atoms with Gasteiger partial charge in [0.1, 0.15) is 0 Å². The molecule has 0 heterocycles. The molecule has 3 nitrogen and oxygen atoms in total. The van der Waals surface area contributed by atoms with Crippen molar-refractivity contribution in [1.82, 2.24) is 5.32 Å². The zero-order valence-electron chi connectivity index (χ0n) is 13.3. The van der Waals surface area contributed by atoms with Crippen molar-refractivity contribution in [2.75, 3.05) is 0 Å². The maximum Gasteiger partial charge on any atom is 0.221 e. The Morgan fingerprint density at radius 2 is 1.71 bits per heavy atom. The predicted molar refractivity (Wildman–Crippen MR) is 88.8 cm³/mol. The van der Waals surface area contributed by atoms with Crippen LogP contribution in [-0.2, 0) is 4.79 Å². The molecule has 1 atom stereocenters. The van der Waals surface area contributed by atoms with Crippen LogP contribution in [0.4, 0.5) is 0 Å². The second kappa shape index (κ2) is 5.22. The van der Waals surface area contributed by atoms with E-state index in [4.69, 9.17) is 18.0 Å². The number of thiocarbonyl (C=S) groups is 1. The van der Waals surface area contributed by atoms with Crippen LogP contribution in [0.1, 0.15) is 65.2 Å². The summed E-state index contributed by atoms with van der Waals surface area (Å²) in [6.45, 7) is 3.96. The molecule has 4 aliphatic carbocycles. The molecule has 0 aromatic carbocycles. The molecule has 0 aromatic heterocycles. The number of hydrogen-bond acceptors (Lipinski definition) is 2. The molecule has 21 heavy (non-hydrogen) atoms. The smallest absolute Gasteiger partial charge is 0.221 e. The van der Waals surface area contributed by atoms with E-state index in [1.54, 1.807) is 0 Å². The fourth-order valence-corrected chi connectivity index (χ4v) is 5.72. The molecule has 118 valence electrons. The summed E-state index contributed by atoms with van der Waals surface area (Å²) in [7, 11) is 0. The normalized spacial score (nSPS) is 39.8. The van der Waals surface area contributed by atoms with Crippen LogP contribution in [0, 0.1) is 23.2 Å². The van der Waals surface area contributed by atoms with Crippen LogP contribution < -0.4 is 11.1 Å². The van der Waals surface area contributed by atoms with E-state index in [9.17, 15) is 4.79 Å². The first-order valence-corrected chi connectivity index (χ1v) is 8.86. The number of carbonyl (C=O) groups is 1. The van der Waals surface area contributed by atoms with Crippen molar-refractivity contribution in [3.63, 3.8) is 0 Å². The summed E-state index contributed by atoms with van der Waals surface area (Å²) in [6, 6.07) is 0. The van der Waals surface area contributed by atoms with E-state index in [0.717, 1.165) is 24.2 Å². The third-order valence-electron chi connectivity index (χ3n) is 6.37. The summed E-state index contributed by atoms with van der Waals surface area (Å²) < 4.78 is 0. The van der Waals surface area contributed by atoms with Gasteiger partial charge in [-0.05, 0) is 75.0 Å². The molecule has 0 spiro atoms. The van der Waals surface area contributed by atoms with E-state index in [0.29, 0.717) is 11.4 Å². The summed E-state index contributed by atoms with van der Waals surface area (Å²) >= 11 is 5.13. The van der Waals surface area contributed by atoms with Crippen molar-refractivity contribution in [1.29, 1.82) is 0 Å². The SMILES string of the molecule is CCC(C)(NC(=O)CC12CC3CC(CC(C3)C1)C2)C(N)=S. The predicted octanol–water partition coefficient (Wildman–Crippen LogP) is 3.16. The molecule has 0 radical (unpaired) electrons. The summed E-state index contributed by atoms with van der Waals surface area (Å²) in [5.74, 6) is 2.81. The second-order valence-electron chi connectivity index (χ2n) is 8.19. The number of nitrogens with two attached hydrogens (primary N) is 1. The van der Waals surface area contributed by atoms with Gasteiger partial charge in [-0.2, -0.15) is 0 Å². The van der Waals surface area contributed by atoms with E-state index in [2.05, 4.69) is 5.32 Å². The molecule has 3 N–H and O–H groups in total. The second-order valence-corrected chi connectivity index (χ2v) is 8.63. The largest absolute Gasteiger partial charge is 0.391 e. The minimum absolute atomic E-state index is 0.147. The zero-order valence-corrected chi connectivity index (χ0v) is 14.1. The van der Waals surface area contributed by atoms with Gasteiger partial charge in [0.05, 0.1) is 10.5 Å². The maximum absolute atomic E-state index is 12.6. The zero-order chi connectivity index (χ0) is 15.3. The first-order chi connectivity index (χ1) is 9.84. The highest BCUT2D eigenvalue weighted by Gasteiger charge is 2.51. The molecule has 0 saturated heterocycles. The Bertz CT molecular complexity index is 426. The van der Waals surface area contributed by atoms with Crippen LogP contribution >= 0.6 is 12.2 Å². The van der Waals surface area contributed by atoms with Crippen molar-refractivity contribution < 1.29 is 4.79 Å². The lowest BCUT2D eigenvalue weighted by Gasteiger charge is -2.56. The Morgan fingerprint density at radius 1 is 1.24 bits per heavy atom. The number of rotatable bonds is 5. The number of hydrogen-bond donors (Lipinski definition) is 2. The summed E-state index contributed by atoms with van der Waals surface area (Å²) in [4.78, 5) is 13.0. The van der Waals surface area contributed by atoms with Crippen molar-refractivity contribution in [3.8, 4) is 0 Å². The topological polar surface area (TPSA) is 55.1 Å². The molecular weight excluding hydrogens is 280 g/mol. The van der Waals surface area contributed by atoms with Crippen molar-refractivity contribution >= 4 is 23.1 Å². The number of amides is 1. The molecule has 4 heteroatoms. The molecule has 0 aliphatic heterocycles. The molecule has 4 rings (SSSR count). The third-order valence-corrected chi connectivity index (χ3v) is 6.82. The first-order valence-electron chi connectivity index (χ1n) is 8.45. The molecule has 4 fully saturated rings. The minimum Gasteiger partial charge on any atom is -0.391 e. The van der Waals surface area contributed by atoms with Crippen molar-refractivity contribution in [3.05, 3.63) is 0 Å². The Kier molecular flexibility index (Phi) is 3.79. The van der Waals surface area contributed by atoms with Crippen LogP contribution in [0.3, 0.4) is 0 Å². The first kappa shape index (κ1) is 15.3. The van der Waals surface area contributed by atoms with Crippen LogP contribution in [0.25, 0.3) is 0 Å². The lowest BCUT2D eigenvalue weighted by atomic mass is 9.49. The van der Waals surface area contributed by atoms with E-state index in [-0.39, 0.29) is 11.3 Å². The third kappa shape index (κ3) is 2.84. The lowest BCUT2D eigenvalue weighted by molar-refractivity contribution is -0.130. The fraction of sp³-hybridized carbons (Fsp3) is 0.882. The molecular formula is C17H28N2OS. The van der Waals surface area contributed by atoms with Gasteiger partial charge in [0, 0.05) is 6.42 Å². The molecule has 0 aromatic rings. The van der Waals surface area contributed by atoms with E-state index >= 15 is 0 Å². The highest BCUT2D eigenvalue weighted by atomic mass is 32.1. The Balaban J connectivity index is 1.66. The van der Waals surface area contributed by atoms with Crippen LogP contribution in [-0.4, -0.2) is 16.4 Å². The minimum atomic E-state index is -0.533. The van der Waals surface area contributed by atoms with E-state index in [1.165, 1.54) is 38.5 Å². The number of carbonyl (C=O) groups excluding carboxylic acids is 1. The van der Waals surface area contributed by atoms with Crippen molar-refractivity contribution in [2.45, 2.75) is 70.8 Å². The Labute approximate surface area is 133 Å². The highest BCUT2D eigenvalue weighted by Crippen LogP contribution is 2.61. The van der Waals surface area contributed by atoms with Gasteiger partial charge in [-0.1, -0.05) is 19.1 Å². The fourth-order valence-electron chi connectivity index (χ4n) is 5.52. The molecule has 4 bridgehead atoms. The van der Waals surface area contributed by atoms with Gasteiger partial charge in [-0.3, -0.25) is 4.79 Å². The average Bonchev–Trinajstić information content (AvgIpc) is 2.35. The summed E-state index contributed by atoms with van der Waals surface area (Å²) in [6.07, 6.45) is 9.47. The lowest BCUT2D eigenvalue weighted by Crippen LogP contribution is -2.56. The standard InChI is InChI=1S/C17H28N2OS/c1-3-16(2,15(18)21)19-14(20)10-17-7-11-4-12(8-17)6-13(5-11)9-17/h11-13H,3-10H2,1-2H3,(H2,18,21)(H,19,20). The van der Waals surface area contributed by atoms with Gasteiger partial charge in [0.2, 0.25) is 5.91 Å². The van der Waals surface area contributed by atoms with Gasteiger partial charge in [-0.25, -0.2) is 0 Å². The Hall–Kier alpha value is -0.640. The monoisotopic (exact) mass is 308 g/mol. The van der Waals surface area contributed by atoms with Crippen LogP contribution in [0.2, 0.25) is 0 Å². The van der Waals surface area contributed by atoms with Crippen LogP contribution in [0.15, 0.2) is 0 Å². The van der Waals surface area contributed by atoms with Gasteiger partial charge < -0.3 is 11.1 Å². The van der Waals surface area contributed by atoms with Gasteiger partial charge in [0.15, 0.2) is 0 Å². The summed E-state index contributed by atoms with van der Waals surface area (Å²) in [5.41, 5.74) is 5.56. The average molecular weight is 308 g/mol. The maximum atomic E-state index is 12.6. The molecule has 4 saturated carbocycles. The number of nitrogens with one attached hydrogen (secondary N) is 1. The molecule has 1 amide bonds. The highest BCUT2D eigenvalue weighted by molar-refractivity contribution is 7.80. The summed E-state index contributed by atoms with van der Waals surface area (Å²) in [5, 5.41) is 3.11. The Morgan fingerprint density at radius 3 is 2.10 bits per heavy atom. The van der Waals surface area contributed by atoms with Gasteiger partial charge in [-0.15, -0.1) is 0 Å². The van der Waals surface area contributed by atoms with E-state index in [1.807, 2.05) is 13.8 Å². The van der Waals surface area contributed by atoms with Crippen molar-refractivity contribution in [2.24, 2.45) is 28.9 Å². The van der Waals surface area contributed by atoms with Crippen LogP contribution in [0.5, 0.6) is 0 Å². The van der Waals surface area contributed by atoms with E-state index < -0.39 is 5.54 Å². The quantitative estimate of drug-likeness (QED) is 0.767. The molecule has 4 aliphatic rings. The molecule has 1 unspecified atom stereocenters.